The van der Waals surface area contributed by atoms with Crippen LogP contribution in [0.15, 0.2) is 29.4 Å². The smallest absolute Gasteiger partial charge is 0.281 e. The predicted molar refractivity (Wildman–Crippen MR) is 95.4 cm³/mol. The number of hydrogen-bond acceptors (Lipinski definition) is 3. The zero-order valence-corrected chi connectivity index (χ0v) is 14.5. The van der Waals surface area contributed by atoms with E-state index in [9.17, 15) is 4.79 Å². The molecule has 0 fully saturated rings. The minimum absolute atomic E-state index is 0.128. The number of nitrogens with zero attached hydrogens (tertiary/aromatic N) is 2. The van der Waals surface area contributed by atoms with E-state index in [-0.39, 0.29) is 11.3 Å². The molecular weight excluding hydrogens is 300 g/mol. The zero-order chi connectivity index (χ0) is 17.2. The lowest BCUT2D eigenvalue weighted by molar-refractivity contribution is 0.0949. The molecule has 5 heteroatoms. The summed E-state index contributed by atoms with van der Waals surface area (Å²) in [4.78, 5) is 12.2. The van der Waals surface area contributed by atoms with Crippen LogP contribution in [0.2, 0.25) is 0 Å². The number of hydrazone groups is 1. The molecule has 126 valence electrons. The van der Waals surface area contributed by atoms with Crippen LogP contribution in [0.4, 0.5) is 0 Å². The molecule has 0 saturated carbocycles. The summed E-state index contributed by atoms with van der Waals surface area (Å²) in [6, 6.07) is 8.19. The van der Waals surface area contributed by atoms with E-state index in [4.69, 9.17) is 0 Å². The van der Waals surface area contributed by atoms with E-state index < -0.39 is 0 Å². The number of carbonyl (C=O) groups excluding carboxylic acids is 1. The molecule has 2 aromatic rings. The number of rotatable bonds is 3. The Kier molecular flexibility index (Phi) is 4.51. The number of H-pyrrole nitrogens is 1. The van der Waals surface area contributed by atoms with Gasteiger partial charge in [0.05, 0.1) is 6.21 Å². The summed E-state index contributed by atoms with van der Waals surface area (Å²) in [5.41, 5.74) is 7.54. The largest absolute Gasteiger partial charge is 0.292 e. The van der Waals surface area contributed by atoms with Gasteiger partial charge in [-0.15, -0.1) is 0 Å². The maximum absolute atomic E-state index is 12.2. The van der Waals surface area contributed by atoms with E-state index in [0.717, 1.165) is 42.5 Å². The van der Waals surface area contributed by atoms with Gasteiger partial charge in [0, 0.05) is 11.3 Å². The molecule has 1 aromatic carbocycles. The van der Waals surface area contributed by atoms with Crippen LogP contribution in [0.25, 0.3) is 0 Å². The van der Waals surface area contributed by atoms with E-state index >= 15 is 0 Å². The topological polar surface area (TPSA) is 70.1 Å². The first-order valence-corrected chi connectivity index (χ1v) is 8.45. The number of carbonyl (C=O) groups is 1. The average molecular weight is 324 g/mol. The fourth-order valence-electron chi connectivity index (χ4n) is 2.96. The van der Waals surface area contributed by atoms with Gasteiger partial charge in [0.1, 0.15) is 0 Å². The minimum Gasteiger partial charge on any atom is -0.281 e. The lowest BCUT2D eigenvalue weighted by atomic mass is 9.87. The van der Waals surface area contributed by atoms with Crippen LogP contribution >= 0.6 is 0 Å². The van der Waals surface area contributed by atoms with Gasteiger partial charge >= 0.3 is 0 Å². The molecular formula is C19H24N4O. The summed E-state index contributed by atoms with van der Waals surface area (Å²) in [6.45, 7) is 6.54. The van der Waals surface area contributed by atoms with E-state index in [1.807, 2.05) is 12.1 Å². The molecule has 0 bridgehead atoms. The number of hydrogen-bond donors (Lipinski definition) is 2. The molecule has 2 N–H and O–H groups in total. The minimum atomic E-state index is -0.253. The van der Waals surface area contributed by atoms with Crippen molar-refractivity contribution in [3.8, 4) is 0 Å². The standard InChI is InChI=1S/C19H24N4O/c1-19(2,3)14-10-8-13(9-11-14)12-20-23-18(24)17-15-6-4-5-7-16(15)21-22-17/h8-12H,4-7H2,1-3H3,(H,21,22)(H,23,24). The summed E-state index contributed by atoms with van der Waals surface area (Å²) in [5.74, 6) is -0.253. The molecule has 0 spiro atoms. The maximum Gasteiger partial charge on any atom is 0.292 e. The third-order valence-corrected chi connectivity index (χ3v) is 4.43. The number of aromatic nitrogens is 2. The molecule has 1 aliphatic carbocycles. The van der Waals surface area contributed by atoms with E-state index in [2.05, 4.69) is 53.6 Å². The molecule has 24 heavy (non-hydrogen) atoms. The monoisotopic (exact) mass is 324 g/mol. The van der Waals surface area contributed by atoms with Crippen molar-refractivity contribution < 1.29 is 4.79 Å². The normalized spacial score (nSPS) is 14.6. The van der Waals surface area contributed by atoms with Gasteiger partial charge in [-0.2, -0.15) is 10.2 Å². The fraction of sp³-hybridized carbons (Fsp3) is 0.421. The second kappa shape index (κ2) is 6.59. The van der Waals surface area contributed by atoms with Crippen molar-refractivity contribution >= 4 is 12.1 Å². The lowest BCUT2D eigenvalue weighted by Crippen LogP contribution is -2.20. The van der Waals surface area contributed by atoms with Crippen LogP contribution in [0.3, 0.4) is 0 Å². The van der Waals surface area contributed by atoms with Crippen molar-refractivity contribution in [3.63, 3.8) is 0 Å². The Morgan fingerprint density at radius 2 is 1.92 bits per heavy atom. The van der Waals surface area contributed by atoms with Gasteiger partial charge in [-0.1, -0.05) is 45.0 Å². The predicted octanol–water partition coefficient (Wildman–Crippen LogP) is 3.35. The van der Waals surface area contributed by atoms with Gasteiger partial charge in [0.25, 0.3) is 5.91 Å². The third-order valence-electron chi connectivity index (χ3n) is 4.43. The van der Waals surface area contributed by atoms with E-state index in [1.165, 1.54) is 5.56 Å². The Labute approximate surface area is 142 Å². The molecule has 1 heterocycles. The second-order valence-electron chi connectivity index (χ2n) is 7.31. The van der Waals surface area contributed by atoms with Crippen LogP contribution < -0.4 is 5.43 Å². The van der Waals surface area contributed by atoms with Crippen molar-refractivity contribution in [1.29, 1.82) is 0 Å². The molecule has 0 unspecified atom stereocenters. The zero-order valence-electron chi connectivity index (χ0n) is 14.5. The highest BCUT2D eigenvalue weighted by Crippen LogP contribution is 2.22. The number of aryl methyl sites for hydroxylation is 1. The fourth-order valence-corrected chi connectivity index (χ4v) is 2.96. The van der Waals surface area contributed by atoms with Gasteiger partial charge in [0.15, 0.2) is 5.69 Å². The number of amides is 1. The highest BCUT2D eigenvalue weighted by molar-refractivity contribution is 5.94. The Morgan fingerprint density at radius 1 is 1.21 bits per heavy atom. The van der Waals surface area contributed by atoms with Crippen LogP contribution in [0.5, 0.6) is 0 Å². The Morgan fingerprint density at radius 3 is 2.62 bits per heavy atom. The van der Waals surface area contributed by atoms with Crippen LogP contribution in [-0.4, -0.2) is 22.3 Å². The summed E-state index contributed by atoms with van der Waals surface area (Å²) in [5, 5.41) is 11.2. The van der Waals surface area contributed by atoms with Gasteiger partial charge < -0.3 is 0 Å². The molecule has 0 aliphatic heterocycles. The van der Waals surface area contributed by atoms with Crippen LogP contribution in [-0.2, 0) is 18.3 Å². The number of aromatic amines is 1. The molecule has 0 radical (unpaired) electrons. The Balaban J connectivity index is 1.64. The van der Waals surface area contributed by atoms with Crippen molar-refractivity contribution in [3.05, 3.63) is 52.3 Å². The van der Waals surface area contributed by atoms with E-state index in [0.29, 0.717) is 5.69 Å². The third kappa shape index (κ3) is 3.55. The summed E-state index contributed by atoms with van der Waals surface area (Å²) < 4.78 is 0. The first-order valence-electron chi connectivity index (χ1n) is 8.45. The van der Waals surface area contributed by atoms with Gasteiger partial charge in [-0.05, 0) is 42.2 Å². The van der Waals surface area contributed by atoms with Crippen molar-refractivity contribution in [1.82, 2.24) is 15.6 Å². The molecule has 1 aliphatic rings. The molecule has 1 amide bonds. The van der Waals surface area contributed by atoms with Crippen molar-refractivity contribution in [2.24, 2.45) is 5.10 Å². The lowest BCUT2D eigenvalue weighted by Gasteiger charge is -2.18. The number of fused-ring (bicyclic) bond motifs is 1. The number of benzene rings is 1. The van der Waals surface area contributed by atoms with Crippen molar-refractivity contribution in [2.45, 2.75) is 51.9 Å². The summed E-state index contributed by atoms with van der Waals surface area (Å²) in [7, 11) is 0. The molecule has 5 nitrogen and oxygen atoms in total. The number of nitrogens with one attached hydrogen (secondary N) is 2. The SMILES string of the molecule is CC(C)(C)c1ccc(C=NNC(=O)c2n[nH]c3c2CCCC3)cc1. The highest BCUT2D eigenvalue weighted by Gasteiger charge is 2.21. The first-order chi connectivity index (χ1) is 11.4. The Bertz CT molecular complexity index is 751. The second-order valence-corrected chi connectivity index (χ2v) is 7.31. The van der Waals surface area contributed by atoms with Gasteiger partial charge in [0.2, 0.25) is 0 Å². The molecule has 3 rings (SSSR count). The maximum atomic E-state index is 12.2. The molecule has 1 aromatic heterocycles. The van der Waals surface area contributed by atoms with E-state index in [1.54, 1.807) is 6.21 Å². The quantitative estimate of drug-likeness (QED) is 0.671. The molecule has 0 saturated heterocycles. The summed E-state index contributed by atoms with van der Waals surface area (Å²) >= 11 is 0. The highest BCUT2D eigenvalue weighted by atomic mass is 16.2. The van der Waals surface area contributed by atoms with Crippen LogP contribution in [0.1, 0.15) is 66.5 Å². The Hall–Kier alpha value is -2.43. The average Bonchev–Trinajstić information content (AvgIpc) is 2.98. The molecule has 0 atom stereocenters. The first kappa shape index (κ1) is 16.4. The van der Waals surface area contributed by atoms with Gasteiger partial charge in [-0.3, -0.25) is 9.89 Å². The van der Waals surface area contributed by atoms with Crippen molar-refractivity contribution in [2.75, 3.05) is 0 Å². The van der Waals surface area contributed by atoms with Gasteiger partial charge in [-0.25, -0.2) is 5.43 Å². The summed E-state index contributed by atoms with van der Waals surface area (Å²) in [6.07, 6.45) is 5.80. The van der Waals surface area contributed by atoms with Crippen LogP contribution in [0, 0.1) is 0 Å².